The molecule has 0 unspecified atom stereocenters. The molecule has 0 amide bonds. The second-order valence-electron chi connectivity index (χ2n) is 5.01. The van der Waals surface area contributed by atoms with Gasteiger partial charge in [-0.1, -0.05) is 71.6 Å². The molecule has 0 fully saturated rings. The highest BCUT2D eigenvalue weighted by Crippen LogP contribution is 2.12. The molecular weight excluding hydrogens is 308 g/mol. The second-order valence-corrected chi connectivity index (χ2v) is 8.32. The highest BCUT2D eigenvalue weighted by Gasteiger charge is 1.94. The Hall–Kier alpha value is 1.40. The molecule has 0 bridgehead atoms. The monoisotopic (exact) mass is 342 g/mol. The van der Waals surface area contributed by atoms with Gasteiger partial charge < -0.3 is 0 Å². The van der Waals surface area contributed by atoms with Gasteiger partial charge in [0.15, 0.2) is 0 Å². The van der Waals surface area contributed by atoms with Crippen LogP contribution in [0.2, 0.25) is 0 Å². The van der Waals surface area contributed by atoms with Crippen LogP contribution in [-0.4, -0.2) is 9.16 Å². The van der Waals surface area contributed by atoms with Gasteiger partial charge in [-0.15, -0.1) is 0 Å². The summed E-state index contributed by atoms with van der Waals surface area (Å²) in [6.45, 7) is 4.46. The number of unbranched alkanes of at least 4 members (excludes halogenated alkanes) is 7. The number of hydrogen-bond acceptors (Lipinski definition) is 4. The van der Waals surface area contributed by atoms with Crippen LogP contribution in [0.1, 0.15) is 84.5 Å². The van der Waals surface area contributed by atoms with Gasteiger partial charge in [0.1, 0.15) is 0 Å². The van der Waals surface area contributed by atoms with E-state index in [-0.39, 0.29) is 0 Å². The third-order valence-electron chi connectivity index (χ3n) is 2.88. The molecule has 0 rings (SSSR count). The topological polar surface area (TPSA) is 0 Å². The Morgan fingerprint density at radius 1 is 0.526 bits per heavy atom. The van der Waals surface area contributed by atoms with Gasteiger partial charge in [-0.3, -0.25) is 0 Å². The first-order chi connectivity index (χ1) is 9.04. The quantitative estimate of drug-likeness (QED) is 0.180. The molecule has 0 radical (unpaired) electrons. The van der Waals surface area contributed by atoms with E-state index in [9.17, 15) is 0 Å². The Morgan fingerprint density at radius 3 is 1.16 bits per heavy atom. The lowest BCUT2D eigenvalue weighted by molar-refractivity contribution is 0.623. The first-order valence-corrected chi connectivity index (χ1v) is 9.83. The maximum atomic E-state index is 4.19. The van der Waals surface area contributed by atoms with E-state index in [0.717, 1.165) is 12.8 Å². The van der Waals surface area contributed by atoms with Crippen molar-refractivity contribution in [3.63, 3.8) is 0 Å². The van der Waals surface area contributed by atoms with Crippen molar-refractivity contribution >= 4 is 50.5 Å². The minimum absolute atomic E-state index is 0.293. The van der Waals surface area contributed by atoms with Crippen molar-refractivity contribution < 1.29 is 0 Å². The lowest BCUT2D eigenvalue weighted by Gasteiger charge is -2.01. The van der Waals surface area contributed by atoms with Gasteiger partial charge in [0, 0.05) is 9.16 Å². The zero-order valence-corrected chi connectivity index (χ0v) is 16.3. The molecule has 0 aromatic rings. The predicted octanol–water partition coefficient (Wildman–Crippen LogP) is 6.68. The van der Waals surface area contributed by atoms with Crippen molar-refractivity contribution in [3.8, 4) is 0 Å². The summed E-state index contributed by atoms with van der Waals surface area (Å²) >= 11 is 16.7. The Labute approximate surface area is 143 Å². The number of rotatable bonds is 11. The summed E-state index contributed by atoms with van der Waals surface area (Å²) in [5, 5.41) is 0. The molecule has 0 aliphatic heterocycles. The van der Waals surface area contributed by atoms with Gasteiger partial charge in [0.25, 0.3) is 0 Å². The van der Waals surface area contributed by atoms with E-state index >= 15 is 0 Å². The van der Waals surface area contributed by atoms with E-state index in [0.29, 0.717) is 9.16 Å². The third-order valence-corrected chi connectivity index (χ3v) is 3.91. The van der Waals surface area contributed by atoms with Crippen LogP contribution in [0.4, 0.5) is 0 Å². The zero-order chi connectivity index (χ0) is 14.9. The number of hydrogen-bond donors (Lipinski definition) is 4. The minimum atomic E-state index is 0.293. The van der Waals surface area contributed by atoms with Crippen molar-refractivity contribution in [3.05, 3.63) is 0 Å². The largest absolute Gasteiger partial charge is 0.165 e. The molecule has 0 N–H and O–H groups in total. The van der Waals surface area contributed by atoms with Gasteiger partial charge in [-0.2, -0.15) is 50.5 Å². The first kappa shape index (κ1) is 22.7. The molecule has 0 heterocycles. The van der Waals surface area contributed by atoms with Crippen molar-refractivity contribution in [2.45, 2.75) is 93.6 Å². The molecule has 0 atom stereocenters. The summed E-state index contributed by atoms with van der Waals surface area (Å²) in [5.74, 6) is 0. The smallest absolute Gasteiger partial charge is 0.0442 e. The lowest BCUT2D eigenvalue weighted by Crippen LogP contribution is -1.86. The number of thiol groups is 4. The van der Waals surface area contributed by atoms with Crippen LogP contribution in [0, 0.1) is 0 Å². The van der Waals surface area contributed by atoms with Crippen molar-refractivity contribution in [2.24, 2.45) is 0 Å². The van der Waals surface area contributed by atoms with Crippen LogP contribution in [0.3, 0.4) is 0 Å². The zero-order valence-electron chi connectivity index (χ0n) is 12.7. The standard InChI is InChI=1S/C8H18S2.C7H16S2/c1-2-3-4-5-6-7-8(9)10;1-2-3-4-5-6-7(8)9/h8-10H,2-7H2,1H3;7-9H,2-6H2,1H3. The summed E-state index contributed by atoms with van der Waals surface area (Å²) in [5.41, 5.74) is 0. The highest BCUT2D eigenvalue weighted by atomic mass is 32.2. The van der Waals surface area contributed by atoms with Gasteiger partial charge in [0.05, 0.1) is 0 Å². The van der Waals surface area contributed by atoms with E-state index < -0.39 is 0 Å². The molecule has 0 saturated carbocycles. The van der Waals surface area contributed by atoms with Crippen LogP contribution in [0.25, 0.3) is 0 Å². The SMILES string of the molecule is CCCCCCC(S)S.CCCCCCCC(S)S. The minimum Gasteiger partial charge on any atom is -0.165 e. The molecule has 0 saturated heterocycles. The van der Waals surface area contributed by atoms with Crippen molar-refractivity contribution in [1.29, 1.82) is 0 Å². The summed E-state index contributed by atoms with van der Waals surface area (Å²) in [6, 6.07) is 0. The summed E-state index contributed by atoms with van der Waals surface area (Å²) in [7, 11) is 0. The molecule has 0 aliphatic carbocycles. The molecule has 0 aromatic carbocycles. The Bertz CT molecular complexity index is 149. The van der Waals surface area contributed by atoms with Crippen LogP contribution >= 0.6 is 50.5 Å². The molecule has 0 nitrogen and oxygen atoms in total. The Morgan fingerprint density at radius 2 is 0.842 bits per heavy atom. The molecule has 4 heteroatoms. The second kappa shape index (κ2) is 19.4. The van der Waals surface area contributed by atoms with E-state index in [2.05, 4.69) is 64.4 Å². The van der Waals surface area contributed by atoms with Crippen LogP contribution in [-0.2, 0) is 0 Å². The van der Waals surface area contributed by atoms with Crippen LogP contribution in [0.5, 0.6) is 0 Å². The fourth-order valence-electron chi connectivity index (χ4n) is 1.68. The van der Waals surface area contributed by atoms with E-state index in [1.165, 1.54) is 57.8 Å². The van der Waals surface area contributed by atoms with Gasteiger partial charge in [-0.05, 0) is 12.8 Å². The predicted molar refractivity (Wildman–Crippen MR) is 106 cm³/mol. The fraction of sp³-hybridized carbons (Fsp3) is 1.00. The van der Waals surface area contributed by atoms with Gasteiger partial charge >= 0.3 is 0 Å². The highest BCUT2D eigenvalue weighted by molar-refractivity contribution is 7.99. The van der Waals surface area contributed by atoms with Crippen LogP contribution < -0.4 is 0 Å². The fourth-order valence-corrected chi connectivity index (χ4v) is 2.41. The average molecular weight is 343 g/mol. The van der Waals surface area contributed by atoms with Gasteiger partial charge in [-0.25, -0.2) is 0 Å². The Balaban J connectivity index is 0. The molecule has 19 heavy (non-hydrogen) atoms. The van der Waals surface area contributed by atoms with Crippen LogP contribution in [0.15, 0.2) is 0 Å². The summed E-state index contributed by atoms with van der Waals surface area (Å²) in [6.07, 6.45) is 14.3. The molecule has 0 spiro atoms. The average Bonchev–Trinajstić information content (AvgIpc) is 2.35. The first-order valence-electron chi connectivity index (χ1n) is 7.76. The maximum Gasteiger partial charge on any atom is 0.0442 e. The molecular formula is C15H34S4. The van der Waals surface area contributed by atoms with E-state index in [1.54, 1.807) is 0 Å². The molecule has 0 aliphatic rings. The molecule has 0 aromatic heterocycles. The summed E-state index contributed by atoms with van der Waals surface area (Å²) < 4.78 is 0.587. The third kappa shape index (κ3) is 28.3. The Kier molecular flexibility index (Phi) is 23.2. The van der Waals surface area contributed by atoms with Crippen molar-refractivity contribution in [1.82, 2.24) is 0 Å². The maximum absolute atomic E-state index is 4.19. The summed E-state index contributed by atoms with van der Waals surface area (Å²) in [4.78, 5) is 0. The normalized spacial score (nSPS) is 10.7. The lowest BCUT2D eigenvalue weighted by atomic mass is 10.1. The van der Waals surface area contributed by atoms with Crippen molar-refractivity contribution in [2.75, 3.05) is 0 Å². The molecule has 118 valence electrons. The van der Waals surface area contributed by atoms with E-state index in [1.807, 2.05) is 0 Å². The van der Waals surface area contributed by atoms with Gasteiger partial charge in [0.2, 0.25) is 0 Å². The van der Waals surface area contributed by atoms with E-state index in [4.69, 9.17) is 0 Å².